The number of likely N-dealkylation sites (N-methyl/N-ethyl adjacent to an activating group) is 1. The average Bonchev–Trinajstić information content (AvgIpc) is 2.72. The highest BCUT2D eigenvalue weighted by Gasteiger charge is 2.21. The molecule has 0 atom stereocenters. The number of anilines is 1. The second kappa shape index (κ2) is 10.9. The summed E-state index contributed by atoms with van der Waals surface area (Å²) in [5.41, 5.74) is 2.28. The number of aryl methyl sites for hydroxylation is 2. The van der Waals surface area contributed by atoms with E-state index in [1.54, 1.807) is 44.4 Å². The van der Waals surface area contributed by atoms with E-state index in [4.69, 9.17) is 4.74 Å². The van der Waals surface area contributed by atoms with Crippen LogP contribution in [0.1, 0.15) is 27.9 Å². The van der Waals surface area contributed by atoms with E-state index in [9.17, 15) is 18.0 Å². The molecule has 0 bridgehead atoms. The molecule has 31 heavy (non-hydrogen) atoms. The molecule has 0 aliphatic rings. The lowest BCUT2D eigenvalue weighted by molar-refractivity contribution is -0.121. The molecular formula is C22H29N3O5S. The largest absolute Gasteiger partial charge is 0.385 e. The van der Waals surface area contributed by atoms with E-state index in [0.717, 1.165) is 5.56 Å². The number of amides is 2. The molecule has 0 unspecified atom stereocenters. The monoisotopic (exact) mass is 447 g/mol. The maximum atomic E-state index is 12.9. The number of hydrogen-bond donors (Lipinski definition) is 2. The van der Waals surface area contributed by atoms with Gasteiger partial charge in [-0.3, -0.25) is 14.3 Å². The third kappa shape index (κ3) is 7.08. The van der Waals surface area contributed by atoms with Crippen molar-refractivity contribution in [2.75, 3.05) is 38.6 Å². The number of benzene rings is 2. The van der Waals surface area contributed by atoms with E-state index >= 15 is 0 Å². The normalized spacial score (nSPS) is 11.1. The van der Waals surface area contributed by atoms with Gasteiger partial charge in [0.25, 0.3) is 15.9 Å². The molecular weight excluding hydrogens is 418 g/mol. The van der Waals surface area contributed by atoms with Gasteiger partial charge in [0.15, 0.2) is 0 Å². The lowest BCUT2D eigenvalue weighted by Gasteiger charge is -2.19. The van der Waals surface area contributed by atoms with Gasteiger partial charge in [0.2, 0.25) is 5.91 Å². The van der Waals surface area contributed by atoms with Crippen LogP contribution >= 0.6 is 0 Å². The van der Waals surface area contributed by atoms with E-state index in [2.05, 4.69) is 10.0 Å². The first-order valence-electron chi connectivity index (χ1n) is 9.85. The first-order valence-corrected chi connectivity index (χ1v) is 11.3. The first kappa shape index (κ1) is 24.4. The maximum Gasteiger partial charge on any atom is 0.261 e. The van der Waals surface area contributed by atoms with Crippen molar-refractivity contribution in [2.45, 2.75) is 25.2 Å². The van der Waals surface area contributed by atoms with Crippen LogP contribution < -0.4 is 10.0 Å². The van der Waals surface area contributed by atoms with Gasteiger partial charge in [-0.15, -0.1) is 0 Å². The van der Waals surface area contributed by atoms with Crippen molar-refractivity contribution >= 4 is 27.5 Å². The first-order chi connectivity index (χ1) is 14.6. The lowest BCUT2D eigenvalue weighted by atomic mass is 10.1. The molecule has 2 aromatic rings. The minimum Gasteiger partial charge on any atom is -0.385 e. The zero-order valence-electron chi connectivity index (χ0n) is 18.3. The van der Waals surface area contributed by atoms with Crippen molar-refractivity contribution in [3.05, 3.63) is 59.2 Å². The van der Waals surface area contributed by atoms with Crippen LogP contribution in [0, 0.1) is 13.8 Å². The summed E-state index contributed by atoms with van der Waals surface area (Å²) in [7, 11) is -0.790. The number of hydrogen-bond acceptors (Lipinski definition) is 5. The van der Waals surface area contributed by atoms with Crippen molar-refractivity contribution in [1.29, 1.82) is 0 Å². The summed E-state index contributed by atoms with van der Waals surface area (Å²) in [5, 5.41) is 2.72. The molecule has 0 radical (unpaired) electrons. The number of nitrogens with zero attached hydrogens (tertiary/aromatic N) is 1. The molecule has 0 fully saturated rings. The third-order valence-corrected chi connectivity index (χ3v) is 6.01. The SMILES string of the molecule is COCCCNC(=O)CN(C)C(=O)c1cc(S(=O)(=O)Nc2ccc(C)cc2)ccc1C. The Kier molecular flexibility index (Phi) is 8.58. The fourth-order valence-electron chi connectivity index (χ4n) is 2.83. The standard InChI is InChI=1S/C22H29N3O5S/c1-16-6-9-18(10-7-16)24-31(28,29)19-11-8-17(2)20(14-19)22(27)25(3)15-21(26)23-12-5-13-30-4/h6-11,14,24H,5,12-13,15H2,1-4H3,(H,23,26). The molecule has 2 N–H and O–H groups in total. The topological polar surface area (TPSA) is 105 Å². The third-order valence-electron chi connectivity index (χ3n) is 4.63. The Labute approximate surface area is 183 Å². The number of sulfonamides is 1. The van der Waals surface area contributed by atoms with E-state index in [1.807, 2.05) is 6.92 Å². The molecule has 0 heterocycles. The highest BCUT2D eigenvalue weighted by atomic mass is 32.2. The Morgan fingerprint density at radius 2 is 1.74 bits per heavy atom. The summed E-state index contributed by atoms with van der Waals surface area (Å²) in [5.74, 6) is -0.730. The Hall–Kier alpha value is -2.91. The van der Waals surface area contributed by atoms with Crippen molar-refractivity contribution in [2.24, 2.45) is 0 Å². The summed E-state index contributed by atoms with van der Waals surface area (Å²) in [4.78, 5) is 26.1. The molecule has 0 aliphatic heterocycles. The highest BCUT2D eigenvalue weighted by Crippen LogP contribution is 2.20. The highest BCUT2D eigenvalue weighted by molar-refractivity contribution is 7.92. The number of nitrogens with one attached hydrogen (secondary N) is 2. The van der Waals surface area contributed by atoms with Gasteiger partial charge in [-0.1, -0.05) is 23.8 Å². The second-order valence-corrected chi connectivity index (χ2v) is 8.99. The molecule has 0 aliphatic carbocycles. The second-order valence-electron chi connectivity index (χ2n) is 7.31. The number of methoxy groups -OCH3 is 1. The Morgan fingerprint density at radius 1 is 1.06 bits per heavy atom. The molecule has 0 saturated carbocycles. The van der Waals surface area contributed by atoms with Crippen molar-refractivity contribution < 1.29 is 22.7 Å². The number of rotatable bonds is 10. The van der Waals surface area contributed by atoms with Gasteiger partial charge in [0.1, 0.15) is 0 Å². The Balaban J connectivity index is 2.12. The van der Waals surface area contributed by atoms with Crippen LogP contribution in [0.3, 0.4) is 0 Å². The molecule has 0 saturated heterocycles. The van der Waals surface area contributed by atoms with Crippen LogP contribution in [0.2, 0.25) is 0 Å². The lowest BCUT2D eigenvalue weighted by Crippen LogP contribution is -2.39. The number of carbonyl (C=O) groups excluding carboxylic acids is 2. The van der Waals surface area contributed by atoms with Gasteiger partial charge in [-0.25, -0.2) is 8.42 Å². The summed E-state index contributed by atoms with van der Waals surface area (Å²) in [6.07, 6.45) is 0.674. The smallest absolute Gasteiger partial charge is 0.261 e. The van der Waals surface area contributed by atoms with Crippen LogP contribution in [-0.2, 0) is 19.6 Å². The van der Waals surface area contributed by atoms with E-state index in [0.29, 0.717) is 30.8 Å². The molecule has 8 nitrogen and oxygen atoms in total. The molecule has 0 spiro atoms. The van der Waals surface area contributed by atoms with Gasteiger partial charge in [-0.2, -0.15) is 0 Å². The van der Waals surface area contributed by atoms with E-state index < -0.39 is 15.9 Å². The average molecular weight is 448 g/mol. The zero-order valence-corrected chi connectivity index (χ0v) is 19.1. The Morgan fingerprint density at radius 3 is 2.39 bits per heavy atom. The summed E-state index contributed by atoms with van der Waals surface area (Å²) in [6.45, 7) is 4.48. The van der Waals surface area contributed by atoms with Crippen LogP contribution in [-0.4, -0.2) is 59.0 Å². The van der Waals surface area contributed by atoms with Gasteiger partial charge in [0.05, 0.1) is 11.4 Å². The maximum absolute atomic E-state index is 12.9. The minimum absolute atomic E-state index is 0.0283. The molecule has 2 aromatic carbocycles. The Bertz CT molecular complexity index is 1020. The number of carbonyl (C=O) groups is 2. The van der Waals surface area contributed by atoms with Crippen molar-refractivity contribution in [3.63, 3.8) is 0 Å². The van der Waals surface area contributed by atoms with Gasteiger partial charge < -0.3 is 15.0 Å². The molecule has 2 amide bonds. The van der Waals surface area contributed by atoms with Crippen molar-refractivity contribution in [1.82, 2.24) is 10.2 Å². The van der Waals surface area contributed by atoms with Crippen LogP contribution in [0.4, 0.5) is 5.69 Å². The predicted octanol–water partition coefficient (Wildman–Crippen LogP) is 2.33. The quantitative estimate of drug-likeness (QED) is 0.544. The summed E-state index contributed by atoms with van der Waals surface area (Å²) < 4.78 is 33.0. The van der Waals surface area contributed by atoms with Crippen LogP contribution in [0.5, 0.6) is 0 Å². The minimum atomic E-state index is -3.88. The molecule has 168 valence electrons. The van der Waals surface area contributed by atoms with Gasteiger partial charge in [-0.05, 0) is 50.1 Å². The fourth-order valence-corrected chi connectivity index (χ4v) is 3.91. The number of ether oxygens (including phenoxy) is 1. The molecule has 2 rings (SSSR count). The van der Waals surface area contributed by atoms with Crippen LogP contribution in [0.25, 0.3) is 0 Å². The van der Waals surface area contributed by atoms with E-state index in [-0.39, 0.29) is 22.9 Å². The fraction of sp³-hybridized carbons (Fsp3) is 0.364. The van der Waals surface area contributed by atoms with Crippen LogP contribution in [0.15, 0.2) is 47.4 Å². The van der Waals surface area contributed by atoms with E-state index in [1.165, 1.54) is 24.1 Å². The van der Waals surface area contributed by atoms with Gasteiger partial charge in [0, 0.05) is 38.6 Å². The summed E-state index contributed by atoms with van der Waals surface area (Å²) in [6, 6.07) is 11.3. The summed E-state index contributed by atoms with van der Waals surface area (Å²) >= 11 is 0. The predicted molar refractivity (Wildman–Crippen MR) is 120 cm³/mol. The van der Waals surface area contributed by atoms with Crippen molar-refractivity contribution in [3.8, 4) is 0 Å². The van der Waals surface area contributed by atoms with Gasteiger partial charge >= 0.3 is 0 Å². The zero-order chi connectivity index (χ0) is 23.0. The molecule has 9 heteroatoms. The molecule has 0 aromatic heterocycles.